The fourth-order valence-corrected chi connectivity index (χ4v) is 3.13. The highest BCUT2D eigenvalue weighted by Gasteiger charge is 2.14. The van der Waals surface area contributed by atoms with Crippen molar-refractivity contribution in [3.05, 3.63) is 70.1 Å². The van der Waals surface area contributed by atoms with Gasteiger partial charge in [0, 0.05) is 18.0 Å². The van der Waals surface area contributed by atoms with E-state index in [2.05, 4.69) is 5.32 Å². The summed E-state index contributed by atoms with van der Waals surface area (Å²) in [5, 5.41) is 3.77. The first-order valence-electron chi connectivity index (χ1n) is 9.18. The summed E-state index contributed by atoms with van der Waals surface area (Å²) in [6, 6.07) is 14.6. The number of para-hydroxylation sites is 2. The summed E-state index contributed by atoms with van der Waals surface area (Å²) in [5.74, 6) is 0.468. The van der Waals surface area contributed by atoms with Gasteiger partial charge in [-0.1, -0.05) is 31.2 Å². The molecule has 0 spiro atoms. The van der Waals surface area contributed by atoms with Gasteiger partial charge in [0.1, 0.15) is 11.3 Å². The van der Waals surface area contributed by atoms with Gasteiger partial charge in [-0.3, -0.25) is 9.69 Å². The molecule has 0 saturated carbocycles. The van der Waals surface area contributed by atoms with Crippen LogP contribution in [0.5, 0.6) is 5.75 Å². The van der Waals surface area contributed by atoms with E-state index in [9.17, 15) is 9.59 Å². The minimum absolute atomic E-state index is 0.144. The Morgan fingerprint density at radius 3 is 2.71 bits per heavy atom. The number of carbonyl (C=O) groups is 1. The number of aryl methyl sites for hydroxylation is 1. The number of anilines is 1. The number of likely N-dealkylation sites (N-methyl/N-ethyl adjacent to an activating group) is 1. The number of methoxy groups -OCH3 is 1. The van der Waals surface area contributed by atoms with Crippen LogP contribution in [-0.2, 0) is 11.3 Å². The fourth-order valence-electron chi connectivity index (χ4n) is 3.13. The molecule has 0 aliphatic carbocycles. The van der Waals surface area contributed by atoms with Gasteiger partial charge < -0.3 is 14.5 Å². The van der Waals surface area contributed by atoms with Crippen molar-refractivity contribution in [3.63, 3.8) is 0 Å². The number of hydrogen-bond donors (Lipinski definition) is 1. The maximum atomic E-state index is 12.5. The van der Waals surface area contributed by atoms with E-state index in [1.54, 1.807) is 19.2 Å². The van der Waals surface area contributed by atoms with E-state index < -0.39 is 0 Å². The average molecular weight is 380 g/mol. The first-order chi connectivity index (χ1) is 13.5. The maximum absolute atomic E-state index is 12.5. The van der Waals surface area contributed by atoms with Gasteiger partial charge in [-0.05, 0) is 42.8 Å². The van der Waals surface area contributed by atoms with Gasteiger partial charge >= 0.3 is 5.63 Å². The van der Waals surface area contributed by atoms with Crippen molar-refractivity contribution < 1.29 is 13.9 Å². The number of ether oxygens (including phenoxy) is 1. The lowest BCUT2D eigenvalue weighted by Gasteiger charge is -2.21. The number of rotatable bonds is 7. The number of fused-ring (bicyclic) bond motifs is 1. The van der Waals surface area contributed by atoms with Crippen LogP contribution in [0.1, 0.15) is 18.1 Å². The predicted molar refractivity (Wildman–Crippen MR) is 110 cm³/mol. The van der Waals surface area contributed by atoms with Crippen LogP contribution in [0.2, 0.25) is 0 Å². The summed E-state index contributed by atoms with van der Waals surface area (Å²) in [4.78, 5) is 26.4. The second-order valence-electron chi connectivity index (χ2n) is 6.64. The molecular formula is C22H24N2O4. The molecular weight excluding hydrogens is 356 g/mol. The Morgan fingerprint density at radius 1 is 1.18 bits per heavy atom. The maximum Gasteiger partial charge on any atom is 0.336 e. The lowest BCUT2D eigenvalue weighted by molar-refractivity contribution is -0.117. The topological polar surface area (TPSA) is 71.8 Å². The predicted octanol–water partition coefficient (Wildman–Crippen LogP) is 3.57. The molecule has 1 N–H and O–H groups in total. The molecule has 3 rings (SSSR count). The molecule has 3 aromatic rings. The molecule has 146 valence electrons. The zero-order valence-electron chi connectivity index (χ0n) is 16.3. The van der Waals surface area contributed by atoms with Crippen LogP contribution in [0.3, 0.4) is 0 Å². The zero-order chi connectivity index (χ0) is 20.1. The summed E-state index contributed by atoms with van der Waals surface area (Å²) in [7, 11) is 1.57. The van der Waals surface area contributed by atoms with E-state index in [1.807, 2.05) is 49.1 Å². The molecule has 0 aliphatic rings. The number of nitrogens with zero attached hydrogens (tertiary/aromatic N) is 1. The van der Waals surface area contributed by atoms with E-state index in [0.717, 1.165) is 16.5 Å². The van der Waals surface area contributed by atoms with Crippen molar-refractivity contribution in [2.75, 3.05) is 25.5 Å². The van der Waals surface area contributed by atoms with Crippen molar-refractivity contribution in [2.24, 2.45) is 0 Å². The smallest absolute Gasteiger partial charge is 0.336 e. The van der Waals surface area contributed by atoms with Gasteiger partial charge in [-0.25, -0.2) is 4.79 Å². The molecule has 0 unspecified atom stereocenters. The van der Waals surface area contributed by atoms with Crippen LogP contribution in [-0.4, -0.2) is 31.0 Å². The Morgan fingerprint density at radius 2 is 1.96 bits per heavy atom. The Kier molecular flexibility index (Phi) is 6.11. The van der Waals surface area contributed by atoms with Gasteiger partial charge in [-0.15, -0.1) is 0 Å². The molecule has 6 nitrogen and oxygen atoms in total. The average Bonchev–Trinajstić information content (AvgIpc) is 2.67. The molecule has 0 aliphatic heterocycles. The van der Waals surface area contributed by atoms with Crippen LogP contribution in [0.15, 0.2) is 57.7 Å². The van der Waals surface area contributed by atoms with Crippen molar-refractivity contribution >= 4 is 22.6 Å². The molecule has 28 heavy (non-hydrogen) atoms. The highest BCUT2D eigenvalue weighted by Crippen LogP contribution is 2.23. The quantitative estimate of drug-likeness (QED) is 0.635. The normalized spacial score (nSPS) is 11.0. The standard InChI is InChI=1S/C22H24N2O4/c1-4-24(14-21(25)23-18-7-5-6-8-19(18)27-3)13-16-12-22(26)28-20-11-15(2)9-10-17(16)20/h5-12H,4,13-14H2,1-3H3,(H,23,25). The van der Waals surface area contributed by atoms with Gasteiger partial charge in [0.15, 0.2) is 0 Å². The first kappa shape index (κ1) is 19.6. The van der Waals surface area contributed by atoms with Crippen molar-refractivity contribution in [2.45, 2.75) is 20.4 Å². The first-order valence-corrected chi connectivity index (χ1v) is 9.18. The minimum Gasteiger partial charge on any atom is -0.495 e. The lowest BCUT2D eigenvalue weighted by atomic mass is 10.1. The van der Waals surface area contributed by atoms with Crippen molar-refractivity contribution in [1.82, 2.24) is 4.90 Å². The second kappa shape index (κ2) is 8.71. The molecule has 1 amide bonds. The second-order valence-corrected chi connectivity index (χ2v) is 6.64. The largest absolute Gasteiger partial charge is 0.495 e. The Hall–Kier alpha value is -3.12. The highest BCUT2D eigenvalue weighted by atomic mass is 16.5. The minimum atomic E-state index is -0.386. The summed E-state index contributed by atoms with van der Waals surface area (Å²) >= 11 is 0. The number of amides is 1. The summed E-state index contributed by atoms with van der Waals surface area (Å²) < 4.78 is 10.6. The van der Waals surface area contributed by atoms with E-state index in [-0.39, 0.29) is 18.1 Å². The van der Waals surface area contributed by atoms with Gasteiger partial charge in [0.05, 0.1) is 19.3 Å². The third kappa shape index (κ3) is 4.58. The van der Waals surface area contributed by atoms with Crippen LogP contribution in [0.4, 0.5) is 5.69 Å². The molecule has 0 fully saturated rings. The van der Waals surface area contributed by atoms with Crippen LogP contribution < -0.4 is 15.7 Å². The van der Waals surface area contributed by atoms with Crippen LogP contribution in [0, 0.1) is 6.92 Å². The number of carbonyl (C=O) groups excluding carboxylic acids is 1. The van der Waals surface area contributed by atoms with Gasteiger partial charge in [0.25, 0.3) is 0 Å². The van der Waals surface area contributed by atoms with E-state index in [4.69, 9.17) is 9.15 Å². The number of benzene rings is 2. The number of hydrogen-bond acceptors (Lipinski definition) is 5. The summed E-state index contributed by atoms with van der Waals surface area (Å²) in [5.41, 5.74) is 2.68. The highest BCUT2D eigenvalue weighted by molar-refractivity contribution is 5.93. The SMILES string of the molecule is CCN(CC(=O)Nc1ccccc1OC)Cc1cc(=O)oc2cc(C)ccc12. The molecule has 0 saturated heterocycles. The van der Waals surface area contributed by atoms with Crippen LogP contribution in [0.25, 0.3) is 11.0 Å². The zero-order valence-corrected chi connectivity index (χ0v) is 16.3. The molecule has 0 bridgehead atoms. The summed E-state index contributed by atoms with van der Waals surface area (Å²) in [6.45, 7) is 5.26. The fraction of sp³-hybridized carbons (Fsp3) is 0.273. The van der Waals surface area contributed by atoms with Gasteiger partial charge in [0.2, 0.25) is 5.91 Å². The molecule has 0 atom stereocenters. The molecule has 1 heterocycles. The van der Waals surface area contributed by atoms with E-state index in [1.165, 1.54) is 6.07 Å². The van der Waals surface area contributed by atoms with Crippen LogP contribution >= 0.6 is 0 Å². The molecule has 1 aromatic heterocycles. The summed E-state index contributed by atoms with van der Waals surface area (Å²) in [6.07, 6.45) is 0. The van der Waals surface area contributed by atoms with Crippen molar-refractivity contribution in [3.8, 4) is 5.75 Å². The Labute approximate surface area is 163 Å². The molecule has 2 aromatic carbocycles. The third-order valence-corrected chi connectivity index (χ3v) is 4.58. The van der Waals surface area contributed by atoms with Crippen molar-refractivity contribution in [1.29, 1.82) is 0 Å². The number of nitrogens with one attached hydrogen (secondary N) is 1. The van der Waals surface area contributed by atoms with Gasteiger partial charge in [-0.2, -0.15) is 0 Å². The Bertz CT molecular complexity index is 1040. The third-order valence-electron chi connectivity index (χ3n) is 4.58. The lowest BCUT2D eigenvalue weighted by Crippen LogP contribution is -2.33. The molecule has 6 heteroatoms. The van der Waals surface area contributed by atoms with E-state index in [0.29, 0.717) is 30.1 Å². The molecule has 0 radical (unpaired) electrons. The Balaban J connectivity index is 1.77. The van der Waals surface area contributed by atoms with E-state index >= 15 is 0 Å². The monoisotopic (exact) mass is 380 g/mol.